The van der Waals surface area contributed by atoms with Gasteiger partial charge in [-0.2, -0.15) is 0 Å². The molecular weight excluding hydrogens is 423 g/mol. The lowest BCUT2D eigenvalue weighted by Gasteiger charge is -2.16. The molecule has 2 N–H and O–H groups in total. The summed E-state index contributed by atoms with van der Waals surface area (Å²) in [5.41, 5.74) is 1.01. The Bertz CT molecular complexity index is 1110. The van der Waals surface area contributed by atoms with Crippen LogP contribution in [0.4, 0.5) is 4.39 Å². The van der Waals surface area contributed by atoms with Crippen LogP contribution in [-0.4, -0.2) is 33.3 Å². The van der Waals surface area contributed by atoms with Gasteiger partial charge in [0.05, 0.1) is 11.2 Å². The van der Waals surface area contributed by atoms with Crippen molar-refractivity contribution in [3.63, 3.8) is 0 Å². The molecule has 0 saturated heterocycles. The van der Waals surface area contributed by atoms with Gasteiger partial charge < -0.3 is 15.1 Å². The van der Waals surface area contributed by atoms with Crippen LogP contribution in [0.5, 0.6) is 0 Å². The van der Waals surface area contributed by atoms with Crippen molar-refractivity contribution in [1.82, 2.24) is 10.6 Å². The molecule has 1 heterocycles. The van der Waals surface area contributed by atoms with Gasteiger partial charge in [-0.1, -0.05) is 30.3 Å². The van der Waals surface area contributed by atoms with E-state index in [1.165, 1.54) is 18.4 Å². The van der Waals surface area contributed by atoms with Crippen molar-refractivity contribution in [2.45, 2.75) is 16.6 Å². The molecular formula is C22H21FN2O5S. The first-order valence-corrected chi connectivity index (χ1v) is 11.1. The lowest BCUT2D eigenvalue weighted by molar-refractivity contribution is -0.139. The molecule has 0 unspecified atom stereocenters. The number of halogens is 1. The fraction of sp³-hybridized carbons (Fsp3) is 0.182. The zero-order valence-corrected chi connectivity index (χ0v) is 17.3. The molecule has 9 heteroatoms. The topological polar surface area (TPSA) is 105 Å². The van der Waals surface area contributed by atoms with Crippen molar-refractivity contribution >= 4 is 21.7 Å². The second-order valence-corrected chi connectivity index (χ2v) is 8.83. The average Bonchev–Trinajstić information content (AvgIpc) is 3.29. The molecule has 0 bridgehead atoms. The number of amides is 2. The van der Waals surface area contributed by atoms with Gasteiger partial charge in [-0.3, -0.25) is 9.59 Å². The molecule has 1 atom stereocenters. The maximum atomic E-state index is 13.2. The minimum Gasteiger partial charge on any atom is -0.468 e. The van der Waals surface area contributed by atoms with Crippen LogP contribution in [0.15, 0.2) is 82.3 Å². The number of furan rings is 1. The number of hydrogen-bond acceptors (Lipinski definition) is 5. The molecule has 1 aromatic heterocycles. The van der Waals surface area contributed by atoms with E-state index >= 15 is 0 Å². The zero-order chi connectivity index (χ0) is 22.3. The van der Waals surface area contributed by atoms with E-state index in [-0.39, 0.29) is 17.2 Å². The third-order valence-electron chi connectivity index (χ3n) is 4.57. The number of hydrogen-bond donors (Lipinski definition) is 2. The molecule has 0 aliphatic heterocycles. The maximum Gasteiger partial charge on any atom is 0.309 e. The van der Waals surface area contributed by atoms with E-state index in [4.69, 9.17) is 4.42 Å². The number of carbonyl (C=O) groups is 2. The summed E-state index contributed by atoms with van der Waals surface area (Å²) in [6.07, 6.45) is 1.86. The lowest BCUT2D eigenvalue weighted by Crippen LogP contribution is -2.42. The van der Waals surface area contributed by atoms with Gasteiger partial charge in [-0.05, 0) is 48.4 Å². The van der Waals surface area contributed by atoms with Gasteiger partial charge >= 0.3 is 11.8 Å². The maximum absolute atomic E-state index is 13.2. The highest BCUT2D eigenvalue weighted by atomic mass is 32.2. The summed E-state index contributed by atoms with van der Waals surface area (Å²) in [5.74, 6) is -2.31. The van der Waals surface area contributed by atoms with Crippen molar-refractivity contribution in [3.05, 3.63) is 90.1 Å². The molecule has 0 aliphatic rings. The van der Waals surface area contributed by atoms with Crippen molar-refractivity contribution in [1.29, 1.82) is 0 Å². The van der Waals surface area contributed by atoms with Crippen LogP contribution in [0, 0.1) is 5.82 Å². The van der Waals surface area contributed by atoms with E-state index in [1.54, 1.807) is 0 Å². The summed E-state index contributed by atoms with van der Waals surface area (Å²) < 4.78 is 44.5. The summed E-state index contributed by atoms with van der Waals surface area (Å²) in [7, 11) is -4.02. The Hall–Kier alpha value is -3.46. The van der Waals surface area contributed by atoms with Gasteiger partial charge in [0.2, 0.25) is 0 Å². The van der Waals surface area contributed by atoms with E-state index in [0.717, 1.165) is 29.8 Å². The molecule has 2 amide bonds. The van der Waals surface area contributed by atoms with Crippen molar-refractivity contribution in [2.75, 3.05) is 13.1 Å². The Balaban J connectivity index is 1.63. The second-order valence-electron chi connectivity index (χ2n) is 6.70. The first kappa shape index (κ1) is 22.2. The SMILES string of the molecule is O=C(NCCc1ccccc1)C(=O)NC[C@@H](c1ccco1)S(=O)(=O)c1ccc(F)cc1. The highest BCUT2D eigenvalue weighted by Gasteiger charge is 2.32. The first-order valence-electron chi connectivity index (χ1n) is 9.51. The van der Waals surface area contributed by atoms with Crippen LogP contribution < -0.4 is 10.6 Å². The molecule has 0 spiro atoms. The standard InChI is InChI=1S/C22H21FN2O5S/c23-17-8-10-18(11-9-17)31(28,29)20(19-7-4-14-30-19)15-25-22(27)21(26)24-13-12-16-5-2-1-3-6-16/h1-11,14,20H,12-13,15H2,(H,24,26)(H,25,27)/t20-/m0/s1. The second kappa shape index (κ2) is 10.0. The van der Waals surface area contributed by atoms with Gasteiger partial charge in [-0.25, -0.2) is 12.8 Å². The monoisotopic (exact) mass is 444 g/mol. The number of benzene rings is 2. The van der Waals surface area contributed by atoms with Gasteiger partial charge in [-0.15, -0.1) is 0 Å². The predicted octanol–water partition coefficient (Wildman–Crippen LogP) is 2.41. The van der Waals surface area contributed by atoms with E-state index in [0.29, 0.717) is 6.42 Å². The van der Waals surface area contributed by atoms with Crippen LogP contribution in [0.3, 0.4) is 0 Å². The summed E-state index contributed by atoms with van der Waals surface area (Å²) in [5, 5.41) is 3.56. The molecule has 0 fully saturated rings. The smallest absolute Gasteiger partial charge is 0.309 e. The molecule has 3 aromatic rings. The predicted molar refractivity (Wildman–Crippen MR) is 111 cm³/mol. The van der Waals surface area contributed by atoms with Gasteiger partial charge in [0.15, 0.2) is 9.84 Å². The van der Waals surface area contributed by atoms with Gasteiger partial charge in [0.25, 0.3) is 0 Å². The van der Waals surface area contributed by atoms with Crippen LogP contribution in [0.1, 0.15) is 16.6 Å². The molecule has 3 rings (SSSR count). The van der Waals surface area contributed by atoms with E-state index < -0.39 is 39.3 Å². The van der Waals surface area contributed by atoms with Crippen molar-refractivity contribution in [2.24, 2.45) is 0 Å². The van der Waals surface area contributed by atoms with Crippen molar-refractivity contribution in [3.8, 4) is 0 Å². The van der Waals surface area contributed by atoms with Crippen LogP contribution in [-0.2, 0) is 25.8 Å². The zero-order valence-electron chi connectivity index (χ0n) is 16.5. The molecule has 162 valence electrons. The normalized spacial score (nSPS) is 12.2. The van der Waals surface area contributed by atoms with E-state index in [2.05, 4.69) is 10.6 Å². The Morgan fingerprint density at radius 2 is 1.58 bits per heavy atom. The molecule has 31 heavy (non-hydrogen) atoms. The fourth-order valence-electron chi connectivity index (χ4n) is 2.94. The van der Waals surface area contributed by atoms with E-state index in [9.17, 15) is 22.4 Å². The van der Waals surface area contributed by atoms with Gasteiger partial charge in [0, 0.05) is 13.1 Å². The average molecular weight is 444 g/mol. The van der Waals surface area contributed by atoms with Gasteiger partial charge in [0.1, 0.15) is 16.8 Å². The summed E-state index contributed by atoms with van der Waals surface area (Å²) >= 11 is 0. The highest BCUT2D eigenvalue weighted by molar-refractivity contribution is 7.91. The Morgan fingerprint density at radius 1 is 0.903 bits per heavy atom. The fourth-order valence-corrected chi connectivity index (χ4v) is 4.52. The van der Waals surface area contributed by atoms with Crippen LogP contribution in [0.2, 0.25) is 0 Å². The third-order valence-corrected chi connectivity index (χ3v) is 6.65. The number of rotatable bonds is 8. The van der Waals surface area contributed by atoms with Crippen LogP contribution in [0.25, 0.3) is 0 Å². The van der Waals surface area contributed by atoms with Crippen molar-refractivity contribution < 1.29 is 26.8 Å². The molecule has 2 aromatic carbocycles. The first-order chi connectivity index (χ1) is 14.9. The molecule has 0 aliphatic carbocycles. The number of nitrogens with one attached hydrogen (secondary N) is 2. The quantitative estimate of drug-likeness (QED) is 0.410. The number of sulfone groups is 1. The number of carbonyl (C=O) groups excluding carboxylic acids is 2. The highest BCUT2D eigenvalue weighted by Crippen LogP contribution is 2.29. The summed E-state index contributed by atoms with van der Waals surface area (Å²) in [6.45, 7) is -0.135. The third kappa shape index (κ3) is 5.79. The van der Waals surface area contributed by atoms with E-state index in [1.807, 2.05) is 30.3 Å². The lowest BCUT2D eigenvalue weighted by atomic mass is 10.1. The molecule has 0 radical (unpaired) electrons. The largest absolute Gasteiger partial charge is 0.468 e. The molecule has 7 nitrogen and oxygen atoms in total. The summed E-state index contributed by atoms with van der Waals surface area (Å²) in [4.78, 5) is 24.1. The Morgan fingerprint density at radius 3 is 2.23 bits per heavy atom. The Kier molecular flexibility index (Phi) is 7.19. The minimum absolute atomic E-state index is 0.0918. The summed E-state index contributed by atoms with van der Waals surface area (Å²) in [6, 6.07) is 16.7. The Labute approximate surface area is 179 Å². The minimum atomic E-state index is -4.02. The molecule has 0 saturated carbocycles. The van der Waals surface area contributed by atoms with Crippen LogP contribution >= 0.6 is 0 Å².